The number of oxime groups is 1. The third-order valence-electron chi connectivity index (χ3n) is 2.97. The molecule has 0 aromatic heterocycles. The van der Waals surface area contributed by atoms with Gasteiger partial charge in [-0.1, -0.05) is 40.5 Å². The molecule has 0 aliphatic heterocycles. The number of sulfonamides is 1. The minimum atomic E-state index is -5.57. The van der Waals surface area contributed by atoms with Crippen molar-refractivity contribution in [2.75, 3.05) is 4.72 Å². The zero-order valence-corrected chi connectivity index (χ0v) is 15.1. The molecular formula is C15H11Cl2F3N2O3S. The molecule has 0 radical (unpaired) electrons. The number of alkyl halides is 3. The van der Waals surface area contributed by atoms with Gasteiger partial charge < -0.3 is 4.84 Å². The van der Waals surface area contributed by atoms with Crippen molar-refractivity contribution in [1.82, 2.24) is 0 Å². The summed E-state index contributed by atoms with van der Waals surface area (Å²) in [7, 11) is -5.57. The highest BCUT2D eigenvalue weighted by atomic mass is 35.5. The Kier molecular flexibility index (Phi) is 6.38. The molecule has 0 aliphatic carbocycles. The summed E-state index contributed by atoms with van der Waals surface area (Å²) in [5.74, 6) is 0. The number of hydrogen-bond acceptors (Lipinski definition) is 4. The highest BCUT2D eigenvalue weighted by Crippen LogP contribution is 2.27. The average Bonchev–Trinajstić information content (AvgIpc) is 2.54. The molecule has 2 rings (SSSR count). The summed E-state index contributed by atoms with van der Waals surface area (Å²) in [6, 6.07) is 10.3. The van der Waals surface area contributed by atoms with Crippen molar-refractivity contribution in [3.8, 4) is 0 Å². The lowest BCUT2D eigenvalue weighted by molar-refractivity contribution is -0.0429. The summed E-state index contributed by atoms with van der Waals surface area (Å²) < 4.78 is 61.5. The van der Waals surface area contributed by atoms with Crippen LogP contribution in [0.25, 0.3) is 0 Å². The van der Waals surface area contributed by atoms with Crippen molar-refractivity contribution in [1.29, 1.82) is 0 Å². The molecular weight excluding hydrogens is 416 g/mol. The van der Waals surface area contributed by atoms with Gasteiger partial charge in [0.15, 0.2) is 0 Å². The van der Waals surface area contributed by atoms with Crippen LogP contribution in [-0.2, 0) is 21.5 Å². The van der Waals surface area contributed by atoms with Gasteiger partial charge in [0.2, 0.25) is 0 Å². The minimum Gasteiger partial charge on any atom is -0.391 e. The topological polar surface area (TPSA) is 67.8 Å². The van der Waals surface area contributed by atoms with Crippen molar-refractivity contribution in [3.63, 3.8) is 0 Å². The van der Waals surface area contributed by atoms with Crippen molar-refractivity contribution in [2.45, 2.75) is 12.1 Å². The van der Waals surface area contributed by atoms with Crippen LogP contribution in [0, 0.1) is 0 Å². The molecule has 140 valence electrons. The standard InChI is InChI=1S/C15H11Cl2F3N2O3S/c16-12-3-1-10(2-4-12)9-25-21-8-11-7-13(17)5-6-14(11)22-26(23,24)15(18,19)20/h1-8,22H,9H2. The van der Waals surface area contributed by atoms with E-state index in [4.69, 9.17) is 28.0 Å². The van der Waals surface area contributed by atoms with Crippen LogP contribution in [0.2, 0.25) is 10.0 Å². The molecule has 0 unspecified atom stereocenters. The Bertz CT molecular complexity index is 901. The van der Waals surface area contributed by atoms with Gasteiger partial charge in [0.05, 0.1) is 11.9 Å². The van der Waals surface area contributed by atoms with Crippen LogP contribution in [0.5, 0.6) is 0 Å². The number of halogens is 5. The van der Waals surface area contributed by atoms with Gasteiger partial charge in [-0.3, -0.25) is 4.72 Å². The normalized spacial score (nSPS) is 12.3. The van der Waals surface area contributed by atoms with E-state index in [0.717, 1.165) is 17.8 Å². The second kappa shape index (κ2) is 8.15. The van der Waals surface area contributed by atoms with Crippen LogP contribution in [-0.4, -0.2) is 20.1 Å². The molecule has 0 atom stereocenters. The number of nitrogens with zero attached hydrogens (tertiary/aromatic N) is 1. The van der Waals surface area contributed by atoms with Gasteiger partial charge in [-0.05, 0) is 35.9 Å². The Morgan fingerprint density at radius 2 is 1.69 bits per heavy atom. The van der Waals surface area contributed by atoms with E-state index in [1.165, 1.54) is 16.9 Å². The summed E-state index contributed by atoms with van der Waals surface area (Å²) in [5, 5.41) is 4.35. The van der Waals surface area contributed by atoms with Crippen molar-refractivity contribution in [2.24, 2.45) is 5.16 Å². The Morgan fingerprint density at radius 3 is 2.31 bits per heavy atom. The van der Waals surface area contributed by atoms with E-state index in [9.17, 15) is 21.6 Å². The molecule has 0 saturated heterocycles. The first kappa shape index (κ1) is 20.3. The van der Waals surface area contributed by atoms with Crippen LogP contribution < -0.4 is 4.72 Å². The first-order valence-corrected chi connectivity index (χ1v) is 9.11. The molecule has 2 aromatic carbocycles. The monoisotopic (exact) mass is 426 g/mol. The fraction of sp³-hybridized carbons (Fsp3) is 0.133. The molecule has 0 spiro atoms. The van der Waals surface area contributed by atoms with Crippen LogP contribution in [0.1, 0.15) is 11.1 Å². The zero-order valence-electron chi connectivity index (χ0n) is 12.8. The average molecular weight is 427 g/mol. The predicted octanol–water partition coefficient (Wildman–Crippen LogP) is 4.81. The van der Waals surface area contributed by atoms with E-state index in [0.29, 0.717) is 5.02 Å². The Balaban J connectivity index is 2.13. The Hall–Kier alpha value is -1.97. The third kappa shape index (κ3) is 5.52. The molecule has 0 aliphatic rings. The van der Waals surface area contributed by atoms with Crippen molar-refractivity contribution < 1.29 is 26.4 Å². The van der Waals surface area contributed by atoms with Crippen LogP contribution in [0.4, 0.5) is 18.9 Å². The molecule has 5 nitrogen and oxygen atoms in total. The highest BCUT2D eigenvalue weighted by Gasteiger charge is 2.46. The number of benzene rings is 2. The van der Waals surface area contributed by atoms with Gasteiger partial charge in [0.1, 0.15) is 6.61 Å². The minimum absolute atomic E-state index is 0.00133. The lowest BCUT2D eigenvalue weighted by atomic mass is 10.2. The van der Waals surface area contributed by atoms with Gasteiger partial charge in [0.25, 0.3) is 0 Å². The largest absolute Gasteiger partial charge is 0.516 e. The first-order chi connectivity index (χ1) is 12.1. The van der Waals surface area contributed by atoms with Crippen molar-refractivity contribution >= 4 is 45.1 Å². The molecule has 11 heteroatoms. The van der Waals surface area contributed by atoms with E-state index in [-0.39, 0.29) is 22.9 Å². The molecule has 0 fully saturated rings. The number of anilines is 1. The summed E-state index contributed by atoms with van der Waals surface area (Å²) in [5.41, 5.74) is -5.03. The fourth-order valence-electron chi connectivity index (χ4n) is 1.72. The first-order valence-electron chi connectivity index (χ1n) is 6.87. The molecule has 2 aromatic rings. The zero-order chi connectivity index (χ0) is 19.4. The third-order valence-corrected chi connectivity index (χ3v) is 4.56. The molecule has 0 bridgehead atoms. The van der Waals surface area contributed by atoms with E-state index < -0.39 is 15.5 Å². The van der Waals surface area contributed by atoms with Crippen LogP contribution in [0.15, 0.2) is 47.6 Å². The molecule has 26 heavy (non-hydrogen) atoms. The molecule has 0 saturated carbocycles. The van der Waals surface area contributed by atoms with Crippen molar-refractivity contribution in [3.05, 3.63) is 63.6 Å². The summed E-state index contributed by atoms with van der Waals surface area (Å²) in [6.45, 7) is 0.0812. The van der Waals surface area contributed by atoms with Gasteiger partial charge >= 0.3 is 15.5 Å². The maximum atomic E-state index is 12.5. The number of nitrogens with one attached hydrogen (secondary N) is 1. The second-order valence-corrected chi connectivity index (χ2v) is 7.46. The number of hydrogen-bond donors (Lipinski definition) is 1. The van der Waals surface area contributed by atoms with E-state index in [1.807, 2.05) is 0 Å². The predicted molar refractivity (Wildman–Crippen MR) is 93.9 cm³/mol. The van der Waals surface area contributed by atoms with Gasteiger partial charge in [-0.15, -0.1) is 0 Å². The van der Waals surface area contributed by atoms with Gasteiger partial charge in [0, 0.05) is 15.6 Å². The van der Waals surface area contributed by atoms with E-state index >= 15 is 0 Å². The summed E-state index contributed by atoms with van der Waals surface area (Å²) in [4.78, 5) is 5.04. The SMILES string of the molecule is O=S(=O)(Nc1ccc(Cl)cc1C=NOCc1ccc(Cl)cc1)C(F)(F)F. The highest BCUT2D eigenvalue weighted by molar-refractivity contribution is 7.93. The maximum absolute atomic E-state index is 12.5. The number of rotatable bonds is 6. The summed E-state index contributed by atoms with van der Waals surface area (Å²) >= 11 is 11.5. The second-order valence-electron chi connectivity index (χ2n) is 4.92. The fourth-order valence-corrected chi connectivity index (χ4v) is 2.62. The molecule has 0 heterocycles. The Morgan fingerprint density at radius 1 is 1.08 bits per heavy atom. The Labute approximate surface area is 157 Å². The van der Waals surface area contributed by atoms with Gasteiger partial charge in [-0.25, -0.2) is 0 Å². The smallest absolute Gasteiger partial charge is 0.391 e. The van der Waals surface area contributed by atoms with E-state index in [2.05, 4.69) is 5.16 Å². The van der Waals surface area contributed by atoms with Crippen LogP contribution in [0.3, 0.4) is 0 Å². The maximum Gasteiger partial charge on any atom is 0.516 e. The van der Waals surface area contributed by atoms with Gasteiger partial charge in [-0.2, -0.15) is 21.6 Å². The molecule has 1 N–H and O–H groups in total. The lowest BCUT2D eigenvalue weighted by Gasteiger charge is -2.12. The summed E-state index contributed by atoms with van der Waals surface area (Å²) in [6.07, 6.45) is 1.05. The van der Waals surface area contributed by atoms with Crippen LogP contribution >= 0.6 is 23.2 Å². The lowest BCUT2D eigenvalue weighted by Crippen LogP contribution is -2.30. The quantitative estimate of drug-likeness (QED) is 0.532. The van der Waals surface area contributed by atoms with E-state index in [1.54, 1.807) is 24.3 Å². The molecule has 0 amide bonds.